The van der Waals surface area contributed by atoms with Gasteiger partial charge in [-0.05, 0) is 24.5 Å². The Labute approximate surface area is 127 Å². The lowest BCUT2D eigenvalue weighted by Gasteiger charge is -2.14. The Morgan fingerprint density at radius 3 is 3.09 bits per heavy atom. The first-order valence-corrected chi connectivity index (χ1v) is 7.18. The molecule has 1 aliphatic rings. The molecule has 3 heterocycles. The fourth-order valence-corrected chi connectivity index (χ4v) is 2.76. The van der Waals surface area contributed by atoms with Gasteiger partial charge in [-0.2, -0.15) is 0 Å². The van der Waals surface area contributed by atoms with Crippen LogP contribution >= 0.6 is 0 Å². The molecule has 1 amide bonds. The molecule has 0 saturated heterocycles. The number of fused-ring (bicyclic) bond motifs is 1. The van der Waals surface area contributed by atoms with Crippen LogP contribution in [0.15, 0.2) is 35.4 Å². The highest BCUT2D eigenvalue weighted by Crippen LogP contribution is 2.25. The predicted molar refractivity (Wildman–Crippen MR) is 81.0 cm³/mol. The van der Waals surface area contributed by atoms with Crippen molar-refractivity contribution in [2.75, 3.05) is 7.11 Å². The number of nitrogens with zero attached hydrogens (tertiary/aromatic N) is 2. The highest BCUT2D eigenvalue weighted by atomic mass is 16.5. The Kier molecular flexibility index (Phi) is 3.91. The molecule has 22 heavy (non-hydrogen) atoms. The van der Waals surface area contributed by atoms with Crippen molar-refractivity contribution in [2.24, 2.45) is 0 Å². The maximum atomic E-state index is 12.5. The zero-order valence-electron chi connectivity index (χ0n) is 12.3. The number of carbonyl (C=O) groups is 1. The van der Waals surface area contributed by atoms with E-state index in [9.17, 15) is 9.59 Å². The Hall–Kier alpha value is -2.63. The molecule has 6 heteroatoms. The summed E-state index contributed by atoms with van der Waals surface area (Å²) in [4.78, 5) is 28.5. The summed E-state index contributed by atoms with van der Waals surface area (Å²) in [6, 6.07) is 5.10. The van der Waals surface area contributed by atoms with Crippen molar-refractivity contribution in [3.05, 3.63) is 57.8 Å². The molecular weight excluding hydrogens is 282 g/mol. The average molecular weight is 299 g/mol. The van der Waals surface area contributed by atoms with Gasteiger partial charge in [0.1, 0.15) is 11.3 Å². The molecule has 0 aliphatic carbocycles. The summed E-state index contributed by atoms with van der Waals surface area (Å²) >= 11 is 0. The largest absolute Gasteiger partial charge is 0.496 e. The summed E-state index contributed by atoms with van der Waals surface area (Å²) in [5, 5.41) is 2.86. The Balaban J connectivity index is 1.89. The summed E-state index contributed by atoms with van der Waals surface area (Å²) in [7, 11) is 1.47. The molecule has 1 N–H and O–H groups in total. The minimum atomic E-state index is -0.230. The normalized spacial score (nSPS) is 12.8. The molecule has 0 spiro atoms. The van der Waals surface area contributed by atoms with Crippen LogP contribution in [0.1, 0.15) is 28.0 Å². The lowest BCUT2D eigenvalue weighted by atomic mass is 10.1. The second kappa shape index (κ2) is 6.01. The number of nitrogens with one attached hydrogen (secondary N) is 1. The van der Waals surface area contributed by atoms with E-state index in [-0.39, 0.29) is 11.5 Å². The minimum absolute atomic E-state index is 0.117. The first-order chi connectivity index (χ1) is 10.7. The zero-order chi connectivity index (χ0) is 15.5. The van der Waals surface area contributed by atoms with Crippen LogP contribution in [0.2, 0.25) is 0 Å². The third-order valence-electron chi connectivity index (χ3n) is 3.80. The van der Waals surface area contributed by atoms with E-state index >= 15 is 0 Å². The molecule has 6 nitrogen and oxygen atoms in total. The maximum Gasteiger partial charge on any atom is 0.257 e. The second-order valence-electron chi connectivity index (χ2n) is 5.17. The highest BCUT2D eigenvalue weighted by Gasteiger charge is 2.24. The molecular formula is C16H17N3O3. The zero-order valence-corrected chi connectivity index (χ0v) is 12.3. The van der Waals surface area contributed by atoms with Crippen molar-refractivity contribution in [1.29, 1.82) is 0 Å². The van der Waals surface area contributed by atoms with Crippen LogP contribution in [0.4, 0.5) is 0 Å². The molecule has 0 fully saturated rings. The summed E-state index contributed by atoms with van der Waals surface area (Å²) in [6.07, 6.45) is 4.97. The van der Waals surface area contributed by atoms with Gasteiger partial charge in [-0.3, -0.25) is 14.6 Å². The van der Waals surface area contributed by atoms with Crippen molar-refractivity contribution in [3.8, 4) is 5.75 Å². The van der Waals surface area contributed by atoms with Gasteiger partial charge in [0.05, 0.1) is 7.11 Å². The van der Waals surface area contributed by atoms with Crippen molar-refractivity contribution >= 4 is 5.91 Å². The summed E-state index contributed by atoms with van der Waals surface area (Å²) in [5.41, 5.74) is 2.02. The molecule has 2 aromatic rings. The number of pyridine rings is 2. The van der Waals surface area contributed by atoms with Crippen LogP contribution in [0, 0.1) is 0 Å². The Morgan fingerprint density at radius 1 is 1.50 bits per heavy atom. The molecule has 2 aromatic heterocycles. The van der Waals surface area contributed by atoms with Crippen LogP contribution in [-0.2, 0) is 19.5 Å². The number of carbonyl (C=O) groups excluding carboxylic acids is 1. The SMILES string of the molecule is COc1cc(=O)n2c(c1C(=O)NCc1cccnc1)CCC2. The molecule has 3 rings (SSSR count). The fraction of sp³-hybridized carbons (Fsp3) is 0.312. The van der Waals surface area contributed by atoms with Gasteiger partial charge in [-0.1, -0.05) is 6.07 Å². The second-order valence-corrected chi connectivity index (χ2v) is 5.17. The monoisotopic (exact) mass is 299 g/mol. The fourth-order valence-electron chi connectivity index (χ4n) is 2.76. The lowest BCUT2D eigenvalue weighted by molar-refractivity contribution is 0.0946. The van der Waals surface area contributed by atoms with Gasteiger partial charge in [0.25, 0.3) is 11.5 Å². The Bertz CT molecular complexity index is 753. The quantitative estimate of drug-likeness (QED) is 0.918. The van der Waals surface area contributed by atoms with E-state index in [0.29, 0.717) is 30.8 Å². The summed E-state index contributed by atoms with van der Waals surface area (Å²) < 4.78 is 6.89. The van der Waals surface area contributed by atoms with Crippen molar-refractivity contribution in [3.63, 3.8) is 0 Å². The molecule has 0 unspecified atom stereocenters. The standard InChI is InChI=1S/C16H17N3O3/c1-22-13-8-14(20)19-7-3-5-12(19)15(13)16(21)18-10-11-4-2-6-17-9-11/h2,4,6,8-9H,3,5,7,10H2,1H3,(H,18,21). The van der Waals surface area contributed by atoms with Crippen molar-refractivity contribution < 1.29 is 9.53 Å². The number of aromatic nitrogens is 2. The maximum absolute atomic E-state index is 12.5. The number of hydrogen-bond acceptors (Lipinski definition) is 4. The van der Waals surface area contributed by atoms with Crippen molar-refractivity contribution in [2.45, 2.75) is 25.9 Å². The van der Waals surface area contributed by atoms with E-state index in [4.69, 9.17) is 4.74 Å². The van der Waals surface area contributed by atoms with Gasteiger partial charge in [-0.25, -0.2) is 0 Å². The van der Waals surface area contributed by atoms with Gasteiger partial charge in [-0.15, -0.1) is 0 Å². The van der Waals surface area contributed by atoms with Crippen molar-refractivity contribution in [1.82, 2.24) is 14.9 Å². The lowest BCUT2D eigenvalue weighted by Crippen LogP contribution is -2.28. The molecule has 0 atom stereocenters. The molecule has 0 bridgehead atoms. The third kappa shape index (κ3) is 2.59. The van der Waals surface area contributed by atoms with Crippen LogP contribution in [0.3, 0.4) is 0 Å². The minimum Gasteiger partial charge on any atom is -0.496 e. The molecule has 0 saturated carbocycles. The molecule has 114 valence electrons. The summed E-state index contributed by atoms with van der Waals surface area (Å²) in [6.45, 7) is 1.04. The number of ether oxygens (including phenoxy) is 1. The van der Waals surface area contributed by atoms with Crippen LogP contribution in [0.25, 0.3) is 0 Å². The predicted octanol–water partition coefficient (Wildman–Crippen LogP) is 1.13. The van der Waals surface area contributed by atoms with Crippen LogP contribution < -0.4 is 15.6 Å². The van der Waals surface area contributed by atoms with Crippen LogP contribution in [0.5, 0.6) is 5.75 Å². The average Bonchev–Trinajstić information content (AvgIpc) is 3.03. The van der Waals surface area contributed by atoms with Gasteiger partial charge in [0.15, 0.2) is 0 Å². The summed E-state index contributed by atoms with van der Waals surface area (Å²) in [5.74, 6) is 0.105. The van der Waals surface area contributed by atoms with Gasteiger partial charge in [0, 0.05) is 37.2 Å². The number of hydrogen-bond donors (Lipinski definition) is 1. The van der Waals surface area contributed by atoms with Gasteiger partial charge >= 0.3 is 0 Å². The number of methoxy groups -OCH3 is 1. The third-order valence-corrected chi connectivity index (χ3v) is 3.80. The van der Waals surface area contributed by atoms with E-state index < -0.39 is 0 Å². The smallest absolute Gasteiger partial charge is 0.257 e. The molecule has 0 radical (unpaired) electrons. The van der Waals surface area contributed by atoms with E-state index in [1.165, 1.54) is 13.2 Å². The van der Waals surface area contributed by atoms with E-state index in [1.54, 1.807) is 17.0 Å². The number of rotatable bonds is 4. The van der Waals surface area contributed by atoms with Gasteiger partial charge in [0.2, 0.25) is 0 Å². The Morgan fingerprint density at radius 2 is 2.36 bits per heavy atom. The molecule has 1 aliphatic heterocycles. The highest BCUT2D eigenvalue weighted by molar-refractivity contribution is 5.98. The van der Waals surface area contributed by atoms with Crippen LogP contribution in [-0.4, -0.2) is 22.6 Å². The first-order valence-electron chi connectivity index (χ1n) is 7.18. The van der Waals surface area contributed by atoms with E-state index in [1.807, 2.05) is 12.1 Å². The van der Waals surface area contributed by atoms with Gasteiger partial charge < -0.3 is 14.6 Å². The topological polar surface area (TPSA) is 73.2 Å². The number of amides is 1. The van der Waals surface area contributed by atoms with E-state index in [2.05, 4.69) is 10.3 Å². The van der Waals surface area contributed by atoms with E-state index in [0.717, 1.165) is 17.7 Å². The molecule has 0 aromatic carbocycles. The first kappa shape index (κ1) is 14.3.